The minimum atomic E-state index is -3.20. The molecule has 0 saturated carbocycles. The first-order valence-corrected chi connectivity index (χ1v) is 7.93. The van der Waals surface area contributed by atoms with E-state index in [0.29, 0.717) is 9.92 Å². The third kappa shape index (κ3) is 2.99. The van der Waals surface area contributed by atoms with Gasteiger partial charge in [-0.15, -0.1) is 0 Å². The van der Waals surface area contributed by atoms with Gasteiger partial charge in [-0.3, -0.25) is 0 Å². The first-order chi connectivity index (χ1) is 8.91. The highest BCUT2D eigenvalue weighted by molar-refractivity contribution is 7.92. The quantitative estimate of drug-likeness (QED) is 0.850. The molecule has 0 atom stereocenters. The molecule has 19 heavy (non-hydrogen) atoms. The summed E-state index contributed by atoms with van der Waals surface area (Å²) in [7, 11) is -3.20. The molecule has 2 aromatic carbocycles. The number of hydrogen-bond donors (Lipinski definition) is 0. The van der Waals surface area contributed by atoms with E-state index >= 15 is 0 Å². The highest BCUT2D eigenvalue weighted by Crippen LogP contribution is 2.24. The average Bonchev–Trinajstić information content (AvgIpc) is 2.39. The summed E-state index contributed by atoms with van der Waals surface area (Å²) in [4.78, 5) is 0.361. The van der Waals surface area contributed by atoms with Gasteiger partial charge in [-0.1, -0.05) is 35.9 Å². The van der Waals surface area contributed by atoms with Gasteiger partial charge >= 0.3 is 0 Å². The molecule has 2 aromatic rings. The van der Waals surface area contributed by atoms with Crippen molar-refractivity contribution in [3.8, 4) is 11.1 Å². The van der Waals surface area contributed by atoms with Crippen LogP contribution in [0, 0.1) is 0 Å². The van der Waals surface area contributed by atoms with E-state index in [4.69, 9.17) is 11.6 Å². The van der Waals surface area contributed by atoms with Crippen molar-refractivity contribution in [1.29, 1.82) is 0 Å². The molecule has 0 aliphatic heterocycles. The molecule has 0 bridgehead atoms. The SMILES string of the molecule is CC(C)S(=O)(=O)c1ccc(-c2ccc(Cl)cc2)cc1. The van der Waals surface area contributed by atoms with Crippen molar-refractivity contribution in [2.45, 2.75) is 24.0 Å². The first-order valence-electron chi connectivity index (χ1n) is 6.01. The summed E-state index contributed by atoms with van der Waals surface area (Å²) in [6.07, 6.45) is 0. The molecular weight excluding hydrogens is 280 g/mol. The van der Waals surface area contributed by atoms with E-state index in [9.17, 15) is 8.42 Å². The zero-order valence-electron chi connectivity index (χ0n) is 10.8. The molecule has 0 fully saturated rings. The van der Waals surface area contributed by atoms with Crippen LogP contribution in [0.5, 0.6) is 0 Å². The molecule has 2 rings (SSSR count). The molecule has 0 N–H and O–H groups in total. The maximum atomic E-state index is 12.0. The van der Waals surface area contributed by atoms with Gasteiger partial charge in [-0.2, -0.15) is 0 Å². The minimum absolute atomic E-state index is 0.361. The van der Waals surface area contributed by atoms with Crippen LogP contribution in [0.15, 0.2) is 53.4 Å². The summed E-state index contributed by atoms with van der Waals surface area (Å²) < 4.78 is 24.0. The fraction of sp³-hybridized carbons (Fsp3) is 0.200. The molecule has 0 spiro atoms. The third-order valence-electron chi connectivity index (χ3n) is 2.98. The Morgan fingerprint density at radius 3 is 1.68 bits per heavy atom. The number of halogens is 1. The maximum absolute atomic E-state index is 12.0. The van der Waals surface area contributed by atoms with Crippen molar-refractivity contribution in [2.75, 3.05) is 0 Å². The molecule has 100 valence electrons. The van der Waals surface area contributed by atoms with Crippen LogP contribution in [0.3, 0.4) is 0 Å². The van der Waals surface area contributed by atoms with Gasteiger partial charge in [-0.25, -0.2) is 8.42 Å². The van der Waals surface area contributed by atoms with Gasteiger partial charge in [0.2, 0.25) is 0 Å². The third-order valence-corrected chi connectivity index (χ3v) is 5.40. The van der Waals surface area contributed by atoms with E-state index in [1.54, 1.807) is 26.0 Å². The van der Waals surface area contributed by atoms with Gasteiger partial charge in [0, 0.05) is 5.02 Å². The normalized spacial score (nSPS) is 11.8. The molecule has 0 amide bonds. The van der Waals surface area contributed by atoms with Crippen LogP contribution in [-0.4, -0.2) is 13.7 Å². The van der Waals surface area contributed by atoms with Crippen LogP contribution in [0.1, 0.15) is 13.8 Å². The summed E-state index contributed by atoms with van der Waals surface area (Å²) in [5, 5.41) is 0.275. The van der Waals surface area contributed by atoms with Gasteiger partial charge in [-0.05, 0) is 49.2 Å². The summed E-state index contributed by atoms with van der Waals surface area (Å²) >= 11 is 5.84. The van der Waals surface area contributed by atoms with Crippen molar-refractivity contribution < 1.29 is 8.42 Å². The standard InChI is InChI=1S/C15H15ClO2S/c1-11(2)19(17,18)15-9-5-13(6-10-15)12-3-7-14(16)8-4-12/h3-11H,1-2H3. The van der Waals surface area contributed by atoms with Gasteiger partial charge in [0.1, 0.15) is 0 Å². The summed E-state index contributed by atoms with van der Waals surface area (Å²) in [5.74, 6) is 0. The molecule has 2 nitrogen and oxygen atoms in total. The number of rotatable bonds is 3. The Labute approximate surface area is 119 Å². The lowest BCUT2D eigenvalue weighted by atomic mass is 10.1. The van der Waals surface area contributed by atoms with E-state index in [1.165, 1.54) is 0 Å². The second kappa shape index (κ2) is 5.35. The molecule has 0 aliphatic rings. The minimum Gasteiger partial charge on any atom is -0.223 e. The van der Waals surface area contributed by atoms with Crippen LogP contribution in [0.25, 0.3) is 11.1 Å². The summed E-state index contributed by atoms with van der Waals surface area (Å²) in [6.45, 7) is 3.37. The fourth-order valence-electron chi connectivity index (χ4n) is 1.75. The van der Waals surface area contributed by atoms with Gasteiger partial charge in [0.15, 0.2) is 9.84 Å². The summed E-state index contributed by atoms with van der Waals surface area (Å²) in [6, 6.07) is 14.4. The Bertz CT molecular complexity index is 656. The van der Waals surface area contributed by atoms with E-state index in [2.05, 4.69) is 0 Å². The smallest absolute Gasteiger partial charge is 0.180 e. The molecule has 4 heteroatoms. The zero-order chi connectivity index (χ0) is 14.0. The Morgan fingerprint density at radius 2 is 1.26 bits per heavy atom. The summed E-state index contributed by atoms with van der Waals surface area (Å²) in [5.41, 5.74) is 1.98. The van der Waals surface area contributed by atoms with Crippen molar-refractivity contribution >= 4 is 21.4 Å². The lowest BCUT2D eigenvalue weighted by Gasteiger charge is -2.08. The van der Waals surface area contributed by atoms with Crippen LogP contribution >= 0.6 is 11.6 Å². The topological polar surface area (TPSA) is 34.1 Å². The second-order valence-corrected chi connectivity index (χ2v) is 7.57. The average molecular weight is 295 g/mol. The van der Waals surface area contributed by atoms with Crippen LogP contribution in [-0.2, 0) is 9.84 Å². The van der Waals surface area contributed by atoms with Gasteiger partial charge < -0.3 is 0 Å². The number of hydrogen-bond acceptors (Lipinski definition) is 2. The van der Waals surface area contributed by atoms with Crippen molar-refractivity contribution in [2.24, 2.45) is 0 Å². The van der Waals surface area contributed by atoms with Crippen molar-refractivity contribution in [1.82, 2.24) is 0 Å². The van der Waals surface area contributed by atoms with E-state index in [0.717, 1.165) is 11.1 Å². The molecule has 0 heterocycles. The molecule has 0 saturated heterocycles. The lowest BCUT2D eigenvalue weighted by molar-refractivity contribution is 0.587. The Hall–Kier alpha value is -1.32. The van der Waals surface area contributed by atoms with E-state index < -0.39 is 15.1 Å². The van der Waals surface area contributed by atoms with Gasteiger partial charge in [0.25, 0.3) is 0 Å². The monoisotopic (exact) mass is 294 g/mol. The first kappa shape index (κ1) is 14.1. The van der Waals surface area contributed by atoms with Crippen molar-refractivity contribution in [3.05, 3.63) is 53.6 Å². The number of sulfone groups is 1. The van der Waals surface area contributed by atoms with E-state index in [1.807, 2.05) is 36.4 Å². The molecule has 0 aliphatic carbocycles. The van der Waals surface area contributed by atoms with Crippen LogP contribution < -0.4 is 0 Å². The molecule has 0 radical (unpaired) electrons. The highest BCUT2D eigenvalue weighted by Gasteiger charge is 2.18. The van der Waals surface area contributed by atoms with Crippen LogP contribution in [0.2, 0.25) is 5.02 Å². The molecule has 0 aromatic heterocycles. The molecular formula is C15H15ClO2S. The Morgan fingerprint density at radius 1 is 0.842 bits per heavy atom. The predicted molar refractivity (Wildman–Crippen MR) is 79.2 cm³/mol. The van der Waals surface area contributed by atoms with E-state index in [-0.39, 0.29) is 0 Å². The lowest BCUT2D eigenvalue weighted by Crippen LogP contribution is -2.13. The van der Waals surface area contributed by atoms with Gasteiger partial charge in [0.05, 0.1) is 10.1 Å². The predicted octanol–water partition coefficient (Wildman–Crippen LogP) is 4.19. The fourth-order valence-corrected chi connectivity index (χ4v) is 2.94. The van der Waals surface area contributed by atoms with Crippen LogP contribution in [0.4, 0.5) is 0 Å². The highest BCUT2D eigenvalue weighted by atomic mass is 35.5. The van der Waals surface area contributed by atoms with Crippen molar-refractivity contribution in [3.63, 3.8) is 0 Å². The Kier molecular flexibility index (Phi) is 3.97. The Balaban J connectivity index is 2.36. The second-order valence-electron chi connectivity index (χ2n) is 4.63. The molecule has 0 unspecified atom stereocenters. The maximum Gasteiger partial charge on any atom is 0.180 e. The number of benzene rings is 2. The zero-order valence-corrected chi connectivity index (χ0v) is 12.4. The largest absolute Gasteiger partial charge is 0.223 e.